The first kappa shape index (κ1) is 16.0. The average Bonchev–Trinajstić information content (AvgIpc) is 2.98. The third kappa shape index (κ3) is 3.25. The Balaban J connectivity index is 1.64. The van der Waals surface area contributed by atoms with Crippen molar-refractivity contribution in [2.24, 2.45) is 0 Å². The molecule has 124 valence electrons. The molecule has 0 saturated carbocycles. The molecule has 0 radical (unpaired) electrons. The van der Waals surface area contributed by atoms with Gasteiger partial charge < -0.3 is 9.88 Å². The molecule has 0 aliphatic carbocycles. The minimum Gasteiger partial charge on any atom is -0.361 e. The Labute approximate surface area is 136 Å². The molecule has 0 spiro atoms. The van der Waals surface area contributed by atoms with E-state index in [0.717, 1.165) is 16.5 Å². The van der Waals surface area contributed by atoms with Crippen LogP contribution in [0.1, 0.15) is 12.5 Å². The number of fused-ring (bicyclic) bond motifs is 1. The number of rotatable bonds is 4. The summed E-state index contributed by atoms with van der Waals surface area (Å²) in [6, 6.07) is 7.90. The molecule has 1 aromatic heterocycles. The van der Waals surface area contributed by atoms with Crippen LogP contribution in [0, 0.1) is 0 Å². The van der Waals surface area contributed by atoms with Crippen molar-refractivity contribution in [2.45, 2.75) is 13.3 Å². The van der Waals surface area contributed by atoms with Gasteiger partial charge in [-0.3, -0.25) is 4.79 Å². The van der Waals surface area contributed by atoms with Gasteiger partial charge in [0.2, 0.25) is 15.9 Å². The highest BCUT2D eigenvalue weighted by Gasteiger charge is 2.27. The van der Waals surface area contributed by atoms with Crippen molar-refractivity contribution in [1.82, 2.24) is 14.2 Å². The number of carbonyl (C=O) groups excluding carboxylic acids is 1. The predicted octanol–water partition coefficient (Wildman–Crippen LogP) is 1.20. The summed E-state index contributed by atoms with van der Waals surface area (Å²) in [5, 5.41) is 1.06. The van der Waals surface area contributed by atoms with E-state index < -0.39 is 10.0 Å². The van der Waals surface area contributed by atoms with Crippen LogP contribution in [0.2, 0.25) is 0 Å². The first-order valence-corrected chi connectivity index (χ1v) is 9.43. The van der Waals surface area contributed by atoms with Gasteiger partial charge in [0.05, 0.1) is 12.2 Å². The number of carbonyl (C=O) groups is 1. The number of aromatic amines is 1. The van der Waals surface area contributed by atoms with E-state index in [0.29, 0.717) is 32.6 Å². The molecule has 1 saturated heterocycles. The summed E-state index contributed by atoms with van der Waals surface area (Å²) < 4.78 is 25.2. The second-order valence-electron chi connectivity index (χ2n) is 5.72. The van der Waals surface area contributed by atoms with Crippen LogP contribution in [0.4, 0.5) is 0 Å². The summed E-state index contributed by atoms with van der Waals surface area (Å²) in [6.07, 6.45) is 2.21. The second-order valence-corrected chi connectivity index (χ2v) is 7.97. The van der Waals surface area contributed by atoms with E-state index in [2.05, 4.69) is 4.98 Å². The summed E-state index contributed by atoms with van der Waals surface area (Å²) in [5.41, 5.74) is 2.00. The maximum Gasteiger partial charge on any atom is 0.227 e. The summed E-state index contributed by atoms with van der Waals surface area (Å²) in [6.45, 7) is 3.33. The van der Waals surface area contributed by atoms with Crippen LogP contribution in [0.5, 0.6) is 0 Å². The molecule has 2 heterocycles. The highest BCUT2D eigenvalue weighted by Crippen LogP contribution is 2.19. The molecular weight excluding hydrogens is 314 g/mol. The highest BCUT2D eigenvalue weighted by molar-refractivity contribution is 7.89. The van der Waals surface area contributed by atoms with Crippen molar-refractivity contribution in [3.63, 3.8) is 0 Å². The predicted molar refractivity (Wildman–Crippen MR) is 89.6 cm³/mol. The van der Waals surface area contributed by atoms with E-state index in [1.54, 1.807) is 11.8 Å². The standard InChI is InChI=1S/C16H21N3O3S/c1-2-23(21,22)19-9-7-18(8-10-19)16(20)11-13-12-17-15-6-4-3-5-14(13)15/h3-6,12,17H,2,7-11H2,1H3. The molecule has 6 nitrogen and oxygen atoms in total. The number of hydrogen-bond donors (Lipinski definition) is 1. The summed E-state index contributed by atoms with van der Waals surface area (Å²) in [4.78, 5) is 17.4. The fraction of sp³-hybridized carbons (Fsp3) is 0.438. The van der Waals surface area contributed by atoms with Crippen molar-refractivity contribution < 1.29 is 13.2 Å². The van der Waals surface area contributed by atoms with Crippen LogP contribution in [0.15, 0.2) is 30.5 Å². The fourth-order valence-electron chi connectivity index (χ4n) is 2.95. The highest BCUT2D eigenvalue weighted by atomic mass is 32.2. The normalized spacial score (nSPS) is 16.8. The van der Waals surface area contributed by atoms with Crippen LogP contribution in [-0.2, 0) is 21.2 Å². The zero-order valence-electron chi connectivity index (χ0n) is 13.2. The SMILES string of the molecule is CCS(=O)(=O)N1CCN(C(=O)Cc2c[nH]c3ccccc23)CC1. The number of amides is 1. The minimum atomic E-state index is -3.16. The van der Waals surface area contributed by atoms with Crippen LogP contribution in [0.25, 0.3) is 10.9 Å². The fourth-order valence-corrected chi connectivity index (χ4v) is 4.04. The first-order chi connectivity index (χ1) is 11.0. The van der Waals surface area contributed by atoms with Gasteiger partial charge in [-0.1, -0.05) is 18.2 Å². The third-order valence-electron chi connectivity index (χ3n) is 4.37. The van der Waals surface area contributed by atoms with Crippen molar-refractivity contribution >= 4 is 26.8 Å². The zero-order valence-corrected chi connectivity index (χ0v) is 14.0. The molecule has 3 rings (SSSR count). The van der Waals surface area contributed by atoms with Gasteiger partial charge in [0.25, 0.3) is 0 Å². The number of hydrogen-bond acceptors (Lipinski definition) is 3. The summed E-state index contributed by atoms with van der Waals surface area (Å²) >= 11 is 0. The molecule has 0 unspecified atom stereocenters. The third-order valence-corrected chi connectivity index (χ3v) is 6.25. The Morgan fingerprint density at radius 3 is 2.57 bits per heavy atom. The second kappa shape index (κ2) is 6.33. The summed E-state index contributed by atoms with van der Waals surface area (Å²) in [5.74, 6) is 0.152. The monoisotopic (exact) mass is 335 g/mol. The van der Waals surface area contributed by atoms with Gasteiger partial charge in [-0.15, -0.1) is 0 Å². The number of H-pyrrole nitrogens is 1. The largest absolute Gasteiger partial charge is 0.361 e. The van der Waals surface area contributed by atoms with Crippen LogP contribution in [-0.4, -0.2) is 60.4 Å². The van der Waals surface area contributed by atoms with E-state index in [1.165, 1.54) is 4.31 Å². The molecule has 1 N–H and O–H groups in total. The Morgan fingerprint density at radius 1 is 1.17 bits per heavy atom. The summed E-state index contributed by atoms with van der Waals surface area (Å²) in [7, 11) is -3.16. The van der Waals surface area contributed by atoms with Gasteiger partial charge in [0.1, 0.15) is 0 Å². The van der Waals surface area contributed by atoms with E-state index >= 15 is 0 Å². The van der Waals surface area contributed by atoms with Crippen molar-refractivity contribution in [3.05, 3.63) is 36.0 Å². The lowest BCUT2D eigenvalue weighted by Gasteiger charge is -2.33. The van der Waals surface area contributed by atoms with Gasteiger partial charge in [-0.05, 0) is 18.6 Å². The molecule has 1 aliphatic heterocycles. The molecule has 1 aliphatic rings. The number of nitrogens with one attached hydrogen (secondary N) is 1. The van der Waals surface area contributed by atoms with Crippen LogP contribution >= 0.6 is 0 Å². The van der Waals surface area contributed by atoms with Crippen molar-refractivity contribution in [3.8, 4) is 0 Å². The lowest BCUT2D eigenvalue weighted by molar-refractivity contribution is -0.131. The number of aromatic nitrogens is 1. The topological polar surface area (TPSA) is 73.5 Å². The Kier molecular flexibility index (Phi) is 4.41. The van der Waals surface area contributed by atoms with Crippen LogP contribution in [0.3, 0.4) is 0 Å². The number of sulfonamides is 1. The van der Waals surface area contributed by atoms with Gasteiger partial charge in [-0.25, -0.2) is 8.42 Å². The minimum absolute atomic E-state index is 0.0447. The molecular formula is C16H21N3O3S. The molecule has 1 aromatic carbocycles. The number of para-hydroxylation sites is 1. The van der Waals surface area contributed by atoms with E-state index in [1.807, 2.05) is 30.5 Å². The molecule has 1 amide bonds. The quantitative estimate of drug-likeness (QED) is 0.912. The maximum atomic E-state index is 12.5. The lowest BCUT2D eigenvalue weighted by atomic mass is 10.1. The molecule has 7 heteroatoms. The number of piperazine rings is 1. The molecule has 1 fully saturated rings. The number of benzene rings is 1. The van der Waals surface area contributed by atoms with Gasteiger partial charge >= 0.3 is 0 Å². The Morgan fingerprint density at radius 2 is 1.87 bits per heavy atom. The smallest absolute Gasteiger partial charge is 0.227 e. The maximum absolute atomic E-state index is 12.5. The molecule has 23 heavy (non-hydrogen) atoms. The van der Waals surface area contributed by atoms with E-state index in [4.69, 9.17) is 0 Å². The van der Waals surface area contributed by atoms with Gasteiger partial charge in [-0.2, -0.15) is 4.31 Å². The van der Waals surface area contributed by atoms with Crippen LogP contribution < -0.4 is 0 Å². The zero-order chi connectivity index (χ0) is 16.4. The lowest BCUT2D eigenvalue weighted by Crippen LogP contribution is -2.51. The van der Waals surface area contributed by atoms with Crippen molar-refractivity contribution in [2.75, 3.05) is 31.9 Å². The molecule has 2 aromatic rings. The molecule has 0 atom stereocenters. The first-order valence-electron chi connectivity index (χ1n) is 7.82. The van der Waals surface area contributed by atoms with Gasteiger partial charge in [0.15, 0.2) is 0 Å². The van der Waals surface area contributed by atoms with E-state index in [9.17, 15) is 13.2 Å². The van der Waals surface area contributed by atoms with Crippen molar-refractivity contribution in [1.29, 1.82) is 0 Å². The average molecular weight is 335 g/mol. The number of nitrogens with zero attached hydrogens (tertiary/aromatic N) is 2. The Hall–Kier alpha value is -1.86. The molecule has 0 bridgehead atoms. The van der Waals surface area contributed by atoms with Gasteiger partial charge in [0, 0.05) is 43.3 Å². The Bertz CT molecular complexity index is 805. The van der Waals surface area contributed by atoms with E-state index in [-0.39, 0.29) is 11.7 Å².